The average Bonchev–Trinajstić information content (AvgIpc) is 2.73. The van der Waals surface area contributed by atoms with E-state index in [2.05, 4.69) is 17.4 Å². The van der Waals surface area contributed by atoms with Crippen LogP contribution in [-0.4, -0.2) is 31.6 Å². The van der Waals surface area contributed by atoms with Crippen LogP contribution in [0.15, 0.2) is 48.5 Å². The molecule has 4 nitrogen and oxygen atoms in total. The van der Waals surface area contributed by atoms with Crippen molar-refractivity contribution in [3.05, 3.63) is 59.7 Å². The second kappa shape index (κ2) is 9.76. The summed E-state index contributed by atoms with van der Waals surface area (Å²) in [5, 5.41) is 2.94. The zero-order chi connectivity index (χ0) is 19.1. The van der Waals surface area contributed by atoms with E-state index in [1.807, 2.05) is 47.8 Å². The number of carbonyl (C=O) groups is 1. The van der Waals surface area contributed by atoms with Crippen LogP contribution in [0.4, 0.5) is 5.69 Å². The Kier molecular flexibility index (Phi) is 7.12. The summed E-state index contributed by atoms with van der Waals surface area (Å²) >= 11 is 3.94. The molecule has 3 rings (SSSR count). The number of anilines is 1. The van der Waals surface area contributed by atoms with E-state index in [0.717, 1.165) is 11.3 Å². The van der Waals surface area contributed by atoms with Gasteiger partial charge in [-0.25, -0.2) is 0 Å². The zero-order valence-electron chi connectivity index (χ0n) is 15.4. The minimum absolute atomic E-state index is 0.172. The predicted octanol–water partition coefficient (Wildman–Crippen LogP) is 5.22. The molecule has 1 heterocycles. The lowest BCUT2D eigenvalue weighted by Crippen LogP contribution is -2.08. The molecule has 0 aromatic heterocycles. The Balaban J connectivity index is 1.66. The molecule has 27 heavy (non-hydrogen) atoms. The molecular formula is C21H23NO3S2. The number of amides is 1. The van der Waals surface area contributed by atoms with Crippen LogP contribution < -0.4 is 14.8 Å². The Morgan fingerprint density at radius 3 is 2.67 bits per heavy atom. The van der Waals surface area contributed by atoms with Gasteiger partial charge in [0.15, 0.2) is 0 Å². The second-order valence-electron chi connectivity index (χ2n) is 5.98. The van der Waals surface area contributed by atoms with E-state index in [-0.39, 0.29) is 5.91 Å². The van der Waals surface area contributed by atoms with Crippen LogP contribution in [0.2, 0.25) is 0 Å². The van der Waals surface area contributed by atoms with Gasteiger partial charge in [0, 0.05) is 23.4 Å². The number of rotatable bonds is 6. The van der Waals surface area contributed by atoms with E-state index in [4.69, 9.17) is 9.47 Å². The van der Waals surface area contributed by atoms with E-state index in [1.54, 1.807) is 26.4 Å². The fourth-order valence-electron chi connectivity index (χ4n) is 2.75. The summed E-state index contributed by atoms with van der Waals surface area (Å²) in [5.41, 5.74) is 2.89. The van der Waals surface area contributed by atoms with Crippen LogP contribution in [0.3, 0.4) is 0 Å². The van der Waals surface area contributed by atoms with Crippen LogP contribution in [0.5, 0.6) is 11.5 Å². The summed E-state index contributed by atoms with van der Waals surface area (Å²) in [5.74, 6) is 3.59. The third kappa shape index (κ3) is 5.47. The molecule has 0 atom stereocenters. The first-order valence-corrected chi connectivity index (χ1v) is 10.8. The molecule has 1 N–H and O–H groups in total. The van der Waals surface area contributed by atoms with Crippen molar-refractivity contribution in [2.75, 3.05) is 31.0 Å². The molecule has 0 bridgehead atoms. The molecule has 1 amide bonds. The van der Waals surface area contributed by atoms with Gasteiger partial charge in [0.1, 0.15) is 11.5 Å². The van der Waals surface area contributed by atoms with Gasteiger partial charge in [-0.05, 0) is 53.8 Å². The number of hydrogen-bond acceptors (Lipinski definition) is 5. The van der Waals surface area contributed by atoms with Crippen molar-refractivity contribution in [1.82, 2.24) is 0 Å². The standard InChI is InChI=1S/C21H23NO3S2/c1-24-18-9-7-15(19(14-18)25-2)8-10-20(23)22-17-6-3-5-16(13-17)21-26-11-4-12-27-21/h3,5-10,13-14,21H,4,11-12H2,1-2H3,(H,22,23)/b10-8+. The lowest BCUT2D eigenvalue weighted by Gasteiger charge is -2.21. The normalized spacial score (nSPS) is 14.9. The third-order valence-electron chi connectivity index (χ3n) is 4.11. The molecule has 142 valence electrons. The molecule has 2 aromatic rings. The van der Waals surface area contributed by atoms with E-state index < -0.39 is 0 Å². The smallest absolute Gasteiger partial charge is 0.248 e. The Morgan fingerprint density at radius 2 is 1.93 bits per heavy atom. The molecule has 1 aliphatic rings. The fourth-order valence-corrected chi connectivity index (χ4v) is 5.62. The summed E-state index contributed by atoms with van der Waals surface area (Å²) in [7, 11) is 3.20. The van der Waals surface area contributed by atoms with Gasteiger partial charge in [0.05, 0.1) is 18.8 Å². The summed E-state index contributed by atoms with van der Waals surface area (Å²) < 4.78 is 11.0. The van der Waals surface area contributed by atoms with Crippen LogP contribution in [0.25, 0.3) is 6.08 Å². The first kappa shape index (κ1) is 19.7. The number of nitrogens with one attached hydrogen (secondary N) is 1. The molecule has 0 saturated carbocycles. The fraction of sp³-hybridized carbons (Fsp3) is 0.286. The first-order valence-electron chi connectivity index (χ1n) is 8.74. The van der Waals surface area contributed by atoms with Crippen molar-refractivity contribution in [2.45, 2.75) is 11.0 Å². The Labute approximate surface area is 168 Å². The lowest BCUT2D eigenvalue weighted by atomic mass is 10.1. The highest BCUT2D eigenvalue weighted by atomic mass is 32.2. The molecule has 0 spiro atoms. The maximum absolute atomic E-state index is 12.3. The monoisotopic (exact) mass is 401 g/mol. The highest BCUT2D eigenvalue weighted by molar-refractivity contribution is 8.16. The minimum Gasteiger partial charge on any atom is -0.497 e. The molecule has 2 aromatic carbocycles. The topological polar surface area (TPSA) is 47.6 Å². The van der Waals surface area contributed by atoms with Gasteiger partial charge in [-0.1, -0.05) is 12.1 Å². The Morgan fingerprint density at radius 1 is 1.11 bits per heavy atom. The quantitative estimate of drug-likeness (QED) is 0.672. The molecule has 0 unspecified atom stereocenters. The number of methoxy groups -OCH3 is 2. The molecule has 0 radical (unpaired) electrons. The van der Waals surface area contributed by atoms with Crippen LogP contribution in [0, 0.1) is 0 Å². The largest absolute Gasteiger partial charge is 0.497 e. The van der Waals surface area contributed by atoms with E-state index >= 15 is 0 Å². The first-order chi connectivity index (χ1) is 13.2. The maximum atomic E-state index is 12.3. The van der Waals surface area contributed by atoms with Crippen molar-refractivity contribution >= 4 is 41.2 Å². The lowest BCUT2D eigenvalue weighted by molar-refractivity contribution is -0.111. The number of benzene rings is 2. The Hall–Kier alpha value is -2.05. The predicted molar refractivity (Wildman–Crippen MR) is 116 cm³/mol. The van der Waals surface area contributed by atoms with E-state index in [9.17, 15) is 4.79 Å². The van der Waals surface area contributed by atoms with Crippen LogP contribution in [-0.2, 0) is 4.79 Å². The highest BCUT2D eigenvalue weighted by Crippen LogP contribution is 2.44. The van der Waals surface area contributed by atoms with Gasteiger partial charge in [-0.15, -0.1) is 23.5 Å². The van der Waals surface area contributed by atoms with Crippen molar-refractivity contribution in [2.24, 2.45) is 0 Å². The molecule has 1 aliphatic heterocycles. The molecular weight excluding hydrogens is 378 g/mol. The van der Waals surface area contributed by atoms with E-state index in [0.29, 0.717) is 16.1 Å². The van der Waals surface area contributed by atoms with Crippen molar-refractivity contribution in [3.8, 4) is 11.5 Å². The SMILES string of the molecule is COc1ccc(/C=C/C(=O)Nc2cccc(C3SCCCS3)c2)c(OC)c1. The van der Waals surface area contributed by atoms with Gasteiger partial charge >= 0.3 is 0 Å². The van der Waals surface area contributed by atoms with Gasteiger partial charge in [0.25, 0.3) is 0 Å². The summed E-state index contributed by atoms with van der Waals surface area (Å²) in [6.07, 6.45) is 4.52. The van der Waals surface area contributed by atoms with Crippen molar-refractivity contribution in [1.29, 1.82) is 0 Å². The minimum atomic E-state index is -0.172. The Bertz CT molecular complexity index is 817. The summed E-state index contributed by atoms with van der Waals surface area (Å²) in [6, 6.07) is 13.6. The zero-order valence-corrected chi connectivity index (χ0v) is 17.1. The molecule has 1 fully saturated rings. The number of carbonyl (C=O) groups excluding carboxylic acids is 1. The van der Waals surface area contributed by atoms with Crippen molar-refractivity contribution < 1.29 is 14.3 Å². The van der Waals surface area contributed by atoms with Crippen molar-refractivity contribution in [3.63, 3.8) is 0 Å². The van der Waals surface area contributed by atoms with Gasteiger partial charge in [0.2, 0.25) is 5.91 Å². The molecule has 6 heteroatoms. The highest BCUT2D eigenvalue weighted by Gasteiger charge is 2.16. The molecule has 0 aliphatic carbocycles. The van der Waals surface area contributed by atoms with E-state index in [1.165, 1.54) is 29.6 Å². The van der Waals surface area contributed by atoms with Crippen LogP contribution >= 0.6 is 23.5 Å². The van der Waals surface area contributed by atoms with Gasteiger partial charge in [-0.3, -0.25) is 4.79 Å². The number of thioether (sulfide) groups is 2. The van der Waals surface area contributed by atoms with Gasteiger partial charge < -0.3 is 14.8 Å². The number of hydrogen-bond donors (Lipinski definition) is 1. The number of ether oxygens (including phenoxy) is 2. The summed E-state index contributed by atoms with van der Waals surface area (Å²) in [6.45, 7) is 0. The summed E-state index contributed by atoms with van der Waals surface area (Å²) in [4.78, 5) is 12.3. The van der Waals surface area contributed by atoms with Crippen LogP contribution in [0.1, 0.15) is 22.1 Å². The third-order valence-corrected chi connectivity index (χ3v) is 7.12. The van der Waals surface area contributed by atoms with Gasteiger partial charge in [-0.2, -0.15) is 0 Å². The second-order valence-corrected chi connectivity index (χ2v) is 8.71. The average molecular weight is 402 g/mol. The maximum Gasteiger partial charge on any atom is 0.248 e. The molecule has 1 saturated heterocycles.